The van der Waals surface area contributed by atoms with Gasteiger partial charge in [0.15, 0.2) is 5.84 Å². The molecule has 7 nitrogen and oxygen atoms in total. The Morgan fingerprint density at radius 1 is 1.48 bits per heavy atom. The van der Waals surface area contributed by atoms with Crippen LogP contribution in [0.5, 0.6) is 0 Å². The van der Waals surface area contributed by atoms with Crippen molar-refractivity contribution in [1.29, 1.82) is 0 Å². The fourth-order valence-corrected chi connectivity index (χ4v) is 2.31. The molecule has 0 saturated carbocycles. The summed E-state index contributed by atoms with van der Waals surface area (Å²) in [5, 5.41) is 5.33. The Labute approximate surface area is 120 Å². The van der Waals surface area contributed by atoms with Crippen molar-refractivity contribution in [2.75, 3.05) is 0 Å². The van der Waals surface area contributed by atoms with Crippen LogP contribution in [-0.2, 0) is 6.54 Å². The molecule has 3 heterocycles. The van der Waals surface area contributed by atoms with E-state index in [9.17, 15) is 4.39 Å². The Hall–Kier alpha value is -2.74. The van der Waals surface area contributed by atoms with E-state index in [1.54, 1.807) is 12.4 Å². The third kappa shape index (κ3) is 2.48. The van der Waals surface area contributed by atoms with Gasteiger partial charge in [0.25, 0.3) is 0 Å². The lowest BCUT2D eigenvalue weighted by molar-refractivity contribution is 0.190. The normalized spacial score (nSPS) is 21.6. The molecule has 5 N–H and O–H groups in total. The van der Waals surface area contributed by atoms with E-state index in [1.165, 1.54) is 6.07 Å². The zero-order chi connectivity index (χ0) is 14.8. The van der Waals surface area contributed by atoms with Crippen molar-refractivity contribution in [1.82, 2.24) is 15.4 Å². The molecular weight excluding hydrogens is 273 g/mol. The second-order valence-electron chi connectivity index (χ2n) is 4.63. The van der Waals surface area contributed by atoms with Crippen molar-refractivity contribution in [3.8, 4) is 0 Å². The van der Waals surface area contributed by atoms with E-state index < -0.39 is 0 Å². The molecule has 2 aliphatic rings. The fourth-order valence-electron chi connectivity index (χ4n) is 2.31. The maximum Gasteiger partial charge on any atom is 0.168 e. The fraction of sp³-hybridized carbons (Fsp3) is 0.154. The van der Waals surface area contributed by atoms with E-state index in [0.717, 1.165) is 17.3 Å². The van der Waals surface area contributed by atoms with Gasteiger partial charge in [0.05, 0.1) is 6.20 Å². The first-order valence-corrected chi connectivity index (χ1v) is 6.29. The Balaban J connectivity index is 1.87. The molecule has 0 fully saturated rings. The number of hydrazone groups is 1. The molecule has 0 spiro atoms. The van der Waals surface area contributed by atoms with Gasteiger partial charge in [0.2, 0.25) is 0 Å². The van der Waals surface area contributed by atoms with Gasteiger partial charge in [-0.25, -0.2) is 4.39 Å². The average molecular weight is 287 g/mol. The van der Waals surface area contributed by atoms with Gasteiger partial charge in [-0.2, -0.15) is 10.1 Å². The maximum absolute atomic E-state index is 13.2. The van der Waals surface area contributed by atoms with E-state index in [1.807, 2.05) is 17.2 Å². The Morgan fingerprint density at radius 3 is 3.10 bits per heavy atom. The molecule has 21 heavy (non-hydrogen) atoms. The van der Waals surface area contributed by atoms with Crippen molar-refractivity contribution in [2.45, 2.75) is 12.7 Å². The van der Waals surface area contributed by atoms with Crippen molar-refractivity contribution in [3.05, 3.63) is 53.3 Å². The third-order valence-electron chi connectivity index (χ3n) is 3.22. The summed E-state index contributed by atoms with van der Waals surface area (Å²) in [7, 11) is 0. The zero-order valence-corrected chi connectivity index (χ0v) is 11.1. The molecule has 1 atom stereocenters. The van der Waals surface area contributed by atoms with Crippen LogP contribution in [0.15, 0.2) is 52.0 Å². The number of hydrogen-bond acceptors (Lipinski definition) is 6. The molecule has 108 valence electrons. The molecule has 0 radical (unpaired) electrons. The number of dihydropyridines is 1. The summed E-state index contributed by atoms with van der Waals surface area (Å²) >= 11 is 0. The average Bonchev–Trinajstić information content (AvgIpc) is 2.86. The number of halogens is 1. The van der Waals surface area contributed by atoms with Crippen LogP contribution in [-0.4, -0.2) is 28.2 Å². The van der Waals surface area contributed by atoms with Crippen LogP contribution in [0.2, 0.25) is 0 Å². The second kappa shape index (κ2) is 5.33. The largest absolute Gasteiger partial charge is 0.381 e. The molecule has 0 bridgehead atoms. The SMILES string of the molecule is N/N=C(\N)C1=C2C=CC=NC2N(Cc2cncc(F)c2)N1. The number of nitrogens with zero attached hydrogens (tertiary/aromatic N) is 4. The number of nitrogens with one attached hydrogen (secondary N) is 1. The molecular formula is C13H14FN7. The van der Waals surface area contributed by atoms with Crippen LogP contribution in [0.4, 0.5) is 4.39 Å². The van der Waals surface area contributed by atoms with Gasteiger partial charge in [-0.1, -0.05) is 6.08 Å². The molecule has 0 saturated heterocycles. The second-order valence-corrected chi connectivity index (χ2v) is 4.63. The van der Waals surface area contributed by atoms with Crippen LogP contribution >= 0.6 is 0 Å². The molecule has 1 aromatic rings. The molecule has 1 unspecified atom stereocenters. The van der Waals surface area contributed by atoms with E-state index in [4.69, 9.17) is 11.6 Å². The molecule has 2 aliphatic heterocycles. The number of fused-ring (bicyclic) bond motifs is 1. The maximum atomic E-state index is 13.2. The summed E-state index contributed by atoms with van der Waals surface area (Å²) in [6.07, 6.45) is 7.91. The number of allylic oxidation sites excluding steroid dienone is 1. The Kier molecular flexibility index (Phi) is 3.36. The van der Waals surface area contributed by atoms with Gasteiger partial charge in [-0.3, -0.25) is 9.98 Å². The summed E-state index contributed by atoms with van der Waals surface area (Å²) in [5.74, 6) is 5.05. The predicted molar refractivity (Wildman–Crippen MR) is 77.1 cm³/mol. The highest BCUT2D eigenvalue weighted by Crippen LogP contribution is 2.26. The summed E-state index contributed by atoms with van der Waals surface area (Å²) in [5.41, 5.74) is 11.1. The van der Waals surface area contributed by atoms with Crippen LogP contribution in [0.3, 0.4) is 0 Å². The van der Waals surface area contributed by atoms with E-state index >= 15 is 0 Å². The van der Waals surface area contributed by atoms with Crippen LogP contribution in [0.1, 0.15) is 5.56 Å². The molecule has 0 aliphatic carbocycles. The van der Waals surface area contributed by atoms with Crippen molar-refractivity contribution in [2.24, 2.45) is 21.7 Å². The number of rotatable bonds is 3. The number of nitrogens with two attached hydrogens (primary N) is 2. The first-order chi connectivity index (χ1) is 10.2. The van der Waals surface area contributed by atoms with Crippen LogP contribution in [0, 0.1) is 5.82 Å². The van der Waals surface area contributed by atoms with Crippen LogP contribution in [0.25, 0.3) is 0 Å². The molecule has 0 aromatic carbocycles. The quantitative estimate of drug-likeness (QED) is 0.314. The van der Waals surface area contributed by atoms with Gasteiger partial charge in [-0.05, 0) is 17.7 Å². The van der Waals surface area contributed by atoms with Gasteiger partial charge in [-0.15, -0.1) is 0 Å². The lowest BCUT2D eigenvalue weighted by Crippen LogP contribution is -2.39. The first kappa shape index (κ1) is 13.3. The minimum absolute atomic E-state index is 0.191. The molecule has 1 aromatic heterocycles. The van der Waals surface area contributed by atoms with E-state index in [0.29, 0.717) is 12.2 Å². The minimum Gasteiger partial charge on any atom is -0.381 e. The number of hydrazine groups is 1. The van der Waals surface area contributed by atoms with Gasteiger partial charge in [0, 0.05) is 24.5 Å². The van der Waals surface area contributed by atoms with Crippen molar-refractivity contribution in [3.63, 3.8) is 0 Å². The molecule has 0 amide bonds. The number of aliphatic imine (C=N–C) groups is 1. The zero-order valence-electron chi connectivity index (χ0n) is 11.1. The first-order valence-electron chi connectivity index (χ1n) is 6.29. The van der Waals surface area contributed by atoms with E-state index in [-0.39, 0.29) is 17.8 Å². The molecule has 8 heteroatoms. The van der Waals surface area contributed by atoms with Crippen molar-refractivity contribution < 1.29 is 4.39 Å². The number of hydrogen-bond donors (Lipinski definition) is 3. The number of aromatic nitrogens is 1. The van der Waals surface area contributed by atoms with Crippen LogP contribution < -0.4 is 17.0 Å². The summed E-state index contributed by atoms with van der Waals surface area (Å²) < 4.78 is 13.2. The highest BCUT2D eigenvalue weighted by atomic mass is 19.1. The lowest BCUT2D eigenvalue weighted by Gasteiger charge is -2.23. The smallest absolute Gasteiger partial charge is 0.168 e. The highest BCUT2D eigenvalue weighted by Gasteiger charge is 2.33. The summed E-state index contributed by atoms with van der Waals surface area (Å²) in [4.78, 5) is 8.22. The van der Waals surface area contributed by atoms with Crippen molar-refractivity contribution >= 4 is 12.1 Å². The minimum atomic E-state index is -0.379. The van der Waals surface area contributed by atoms with Gasteiger partial charge in [0.1, 0.15) is 17.7 Å². The topological polar surface area (TPSA) is 105 Å². The Bertz CT molecular complexity index is 677. The summed E-state index contributed by atoms with van der Waals surface area (Å²) in [6, 6.07) is 1.43. The van der Waals surface area contributed by atoms with Gasteiger partial charge < -0.3 is 17.0 Å². The summed E-state index contributed by atoms with van der Waals surface area (Å²) in [6.45, 7) is 0.408. The monoisotopic (exact) mass is 287 g/mol. The standard InChI is InChI=1S/C13H14FN7/c14-9-4-8(5-17-6-9)7-21-13-10(2-1-3-18-13)11(20-21)12(15)19-16/h1-6,13,20H,7,16H2,(H2,15,19). The third-order valence-corrected chi connectivity index (χ3v) is 3.22. The number of amidine groups is 1. The highest BCUT2D eigenvalue weighted by molar-refractivity contribution is 5.98. The molecule has 3 rings (SSSR count). The number of pyridine rings is 1. The Morgan fingerprint density at radius 2 is 2.33 bits per heavy atom. The lowest BCUT2D eigenvalue weighted by atomic mass is 10.1. The van der Waals surface area contributed by atoms with Gasteiger partial charge >= 0.3 is 0 Å². The predicted octanol–water partition coefficient (Wildman–Crippen LogP) is -0.00740. The van der Waals surface area contributed by atoms with E-state index in [2.05, 4.69) is 20.5 Å².